The lowest BCUT2D eigenvalue weighted by Crippen LogP contribution is -2.43. The van der Waals surface area contributed by atoms with Gasteiger partial charge in [-0.25, -0.2) is 9.78 Å². The molecule has 0 aliphatic carbocycles. The van der Waals surface area contributed by atoms with Gasteiger partial charge in [-0.15, -0.1) is 0 Å². The summed E-state index contributed by atoms with van der Waals surface area (Å²) in [5.41, 5.74) is 5.11. The number of benzene rings is 1. The summed E-state index contributed by atoms with van der Waals surface area (Å²) >= 11 is 0. The third-order valence-corrected chi connectivity index (χ3v) is 5.76. The molecule has 3 aromatic rings. The van der Waals surface area contributed by atoms with Crippen LogP contribution < -0.4 is 20.4 Å². The zero-order valence-corrected chi connectivity index (χ0v) is 16.8. The van der Waals surface area contributed by atoms with Gasteiger partial charge in [0.25, 0.3) is 0 Å². The van der Waals surface area contributed by atoms with E-state index < -0.39 is 0 Å². The number of nitrogens with zero attached hydrogens (tertiary/aromatic N) is 5. The van der Waals surface area contributed by atoms with Crippen LogP contribution in [-0.2, 0) is 13.5 Å². The summed E-state index contributed by atoms with van der Waals surface area (Å²) in [5.74, 6) is 0.777. The minimum absolute atomic E-state index is 0.139. The van der Waals surface area contributed by atoms with Gasteiger partial charge >= 0.3 is 6.03 Å². The topological polar surface area (TPSA) is 78.3 Å². The molecule has 0 atom stereocenters. The van der Waals surface area contributed by atoms with Gasteiger partial charge in [-0.05, 0) is 37.1 Å². The van der Waals surface area contributed by atoms with Crippen LogP contribution >= 0.6 is 0 Å². The number of aryl methyl sites for hydroxylation is 2. The highest BCUT2D eigenvalue weighted by Crippen LogP contribution is 2.34. The number of nitrogens with one attached hydrogen (secondary N) is 2. The van der Waals surface area contributed by atoms with Crippen LogP contribution in [0.3, 0.4) is 0 Å². The van der Waals surface area contributed by atoms with E-state index in [2.05, 4.69) is 31.7 Å². The maximum atomic E-state index is 13.1. The number of amides is 2. The highest BCUT2D eigenvalue weighted by atomic mass is 16.2. The summed E-state index contributed by atoms with van der Waals surface area (Å²) in [6.45, 7) is 6.56. The van der Waals surface area contributed by atoms with Gasteiger partial charge in [0.2, 0.25) is 0 Å². The fourth-order valence-corrected chi connectivity index (χ4v) is 4.29. The van der Waals surface area contributed by atoms with E-state index in [1.807, 2.05) is 38.5 Å². The van der Waals surface area contributed by atoms with Crippen LogP contribution in [0.25, 0.3) is 10.9 Å². The van der Waals surface area contributed by atoms with E-state index >= 15 is 0 Å². The Hall–Kier alpha value is -3.13. The lowest BCUT2D eigenvalue weighted by molar-refractivity contribution is 0.257. The van der Waals surface area contributed by atoms with Gasteiger partial charge in [0.15, 0.2) is 0 Å². The van der Waals surface area contributed by atoms with E-state index in [1.165, 1.54) is 11.3 Å². The van der Waals surface area contributed by atoms with Crippen molar-refractivity contribution in [2.75, 3.05) is 47.8 Å². The van der Waals surface area contributed by atoms with E-state index in [0.29, 0.717) is 6.54 Å². The minimum Gasteiger partial charge on any atom is -0.369 e. The van der Waals surface area contributed by atoms with E-state index in [4.69, 9.17) is 0 Å². The van der Waals surface area contributed by atoms with Gasteiger partial charge in [-0.3, -0.25) is 9.58 Å². The molecule has 4 heterocycles. The van der Waals surface area contributed by atoms with Crippen LogP contribution in [-0.4, -0.2) is 53.5 Å². The normalized spacial score (nSPS) is 16.3. The monoisotopic (exact) mass is 391 g/mol. The molecule has 5 rings (SSSR count). The van der Waals surface area contributed by atoms with Crippen molar-refractivity contribution in [1.82, 2.24) is 20.1 Å². The molecule has 0 unspecified atom stereocenters. The Bertz CT molecular complexity index is 1080. The van der Waals surface area contributed by atoms with Crippen molar-refractivity contribution in [2.45, 2.75) is 13.3 Å². The number of pyridine rings is 1. The second kappa shape index (κ2) is 7.04. The van der Waals surface area contributed by atoms with Gasteiger partial charge in [0.05, 0.1) is 5.52 Å². The molecule has 8 heteroatoms. The standard InChI is InChI=1S/C21H25N7O/c1-14-11-18-15(13-26(2)25-18)12-17(14)24-21(29)28-8-4-16-19(3-5-23-20(16)28)27-9-6-22-7-10-27/h3,5,11-13,22H,4,6-10H2,1-2H3,(H,24,29). The van der Waals surface area contributed by atoms with Crippen molar-refractivity contribution >= 4 is 34.1 Å². The molecule has 1 saturated heterocycles. The van der Waals surface area contributed by atoms with E-state index in [1.54, 1.807) is 9.58 Å². The Morgan fingerprint density at radius 2 is 2.03 bits per heavy atom. The van der Waals surface area contributed by atoms with E-state index in [9.17, 15) is 4.79 Å². The first-order valence-corrected chi connectivity index (χ1v) is 10.1. The van der Waals surface area contributed by atoms with Crippen molar-refractivity contribution in [1.29, 1.82) is 0 Å². The lowest BCUT2D eigenvalue weighted by Gasteiger charge is -2.31. The minimum atomic E-state index is -0.139. The predicted octanol–water partition coefficient (Wildman–Crippen LogP) is 2.28. The molecule has 8 nitrogen and oxygen atoms in total. The Morgan fingerprint density at radius 3 is 2.86 bits per heavy atom. The van der Waals surface area contributed by atoms with Crippen LogP contribution in [0.2, 0.25) is 0 Å². The summed E-state index contributed by atoms with van der Waals surface area (Å²) in [5, 5.41) is 11.9. The SMILES string of the molecule is Cc1cc2nn(C)cc2cc1NC(=O)N1CCc2c(N3CCNCC3)ccnc21. The molecule has 0 spiro atoms. The Labute approximate surface area is 169 Å². The van der Waals surface area contributed by atoms with Crippen molar-refractivity contribution < 1.29 is 4.79 Å². The summed E-state index contributed by atoms with van der Waals surface area (Å²) in [4.78, 5) is 21.8. The van der Waals surface area contributed by atoms with Crippen molar-refractivity contribution in [3.05, 3.63) is 41.7 Å². The lowest BCUT2D eigenvalue weighted by atomic mass is 10.1. The third-order valence-electron chi connectivity index (χ3n) is 5.76. The molecule has 150 valence electrons. The Morgan fingerprint density at radius 1 is 1.21 bits per heavy atom. The molecule has 2 amide bonds. The largest absolute Gasteiger partial charge is 0.369 e. The molecular formula is C21H25N7O. The fourth-order valence-electron chi connectivity index (χ4n) is 4.29. The average molecular weight is 391 g/mol. The maximum Gasteiger partial charge on any atom is 0.327 e. The van der Waals surface area contributed by atoms with Crippen molar-refractivity contribution in [3.8, 4) is 0 Å². The van der Waals surface area contributed by atoms with Crippen molar-refractivity contribution in [3.63, 3.8) is 0 Å². The maximum absolute atomic E-state index is 13.1. The number of carbonyl (C=O) groups is 1. The first kappa shape index (κ1) is 17.9. The van der Waals surface area contributed by atoms with Gasteiger partial charge in [-0.1, -0.05) is 0 Å². The van der Waals surface area contributed by atoms with E-state index in [-0.39, 0.29) is 6.03 Å². The number of piperazine rings is 1. The molecule has 2 aliphatic heterocycles. The molecule has 2 N–H and O–H groups in total. The van der Waals surface area contributed by atoms with Gasteiger partial charge in [-0.2, -0.15) is 5.10 Å². The molecule has 0 radical (unpaired) electrons. The molecule has 1 fully saturated rings. The predicted molar refractivity (Wildman–Crippen MR) is 115 cm³/mol. The quantitative estimate of drug-likeness (QED) is 0.701. The third kappa shape index (κ3) is 3.19. The van der Waals surface area contributed by atoms with Crippen LogP contribution in [0.1, 0.15) is 11.1 Å². The molecule has 29 heavy (non-hydrogen) atoms. The summed E-state index contributed by atoms with van der Waals surface area (Å²) < 4.78 is 1.79. The highest BCUT2D eigenvalue weighted by Gasteiger charge is 2.30. The number of urea groups is 1. The van der Waals surface area contributed by atoms with E-state index in [0.717, 1.165) is 60.6 Å². The first-order chi connectivity index (χ1) is 14.1. The van der Waals surface area contributed by atoms with Crippen LogP contribution in [0, 0.1) is 6.92 Å². The number of rotatable bonds is 2. The number of aromatic nitrogens is 3. The first-order valence-electron chi connectivity index (χ1n) is 10.1. The summed E-state index contributed by atoms with van der Waals surface area (Å²) in [6, 6.07) is 5.92. The van der Waals surface area contributed by atoms with Gasteiger partial charge < -0.3 is 15.5 Å². The molecule has 0 bridgehead atoms. The van der Waals surface area contributed by atoms with Gasteiger partial charge in [0, 0.05) is 74.5 Å². The highest BCUT2D eigenvalue weighted by molar-refractivity contribution is 6.04. The molecular weight excluding hydrogens is 366 g/mol. The number of fused-ring (bicyclic) bond motifs is 2. The molecule has 1 aromatic carbocycles. The Kier molecular flexibility index (Phi) is 4.35. The molecule has 2 aliphatic rings. The van der Waals surface area contributed by atoms with Crippen LogP contribution in [0.4, 0.5) is 22.0 Å². The van der Waals surface area contributed by atoms with Gasteiger partial charge in [0.1, 0.15) is 5.82 Å². The Balaban J connectivity index is 1.41. The second-order valence-corrected chi connectivity index (χ2v) is 7.73. The van der Waals surface area contributed by atoms with Crippen LogP contribution in [0.15, 0.2) is 30.6 Å². The summed E-state index contributed by atoms with van der Waals surface area (Å²) in [7, 11) is 1.90. The average Bonchev–Trinajstić information content (AvgIpc) is 3.31. The van der Waals surface area contributed by atoms with Crippen molar-refractivity contribution in [2.24, 2.45) is 7.05 Å². The number of hydrogen-bond acceptors (Lipinski definition) is 5. The number of carbonyl (C=O) groups excluding carboxylic acids is 1. The smallest absolute Gasteiger partial charge is 0.327 e. The van der Waals surface area contributed by atoms with Crippen LogP contribution in [0.5, 0.6) is 0 Å². The second-order valence-electron chi connectivity index (χ2n) is 7.73. The number of anilines is 3. The zero-order valence-electron chi connectivity index (χ0n) is 16.8. The fraction of sp³-hybridized carbons (Fsp3) is 0.381. The summed E-state index contributed by atoms with van der Waals surface area (Å²) in [6.07, 6.45) is 4.60. The zero-order chi connectivity index (χ0) is 20.0. The molecule has 2 aromatic heterocycles. The number of hydrogen-bond donors (Lipinski definition) is 2. The molecule has 0 saturated carbocycles.